The van der Waals surface area contributed by atoms with E-state index >= 15 is 0 Å². The molecule has 292 valence electrons. The predicted molar refractivity (Wildman–Crippen MR) is 230 cm³/mol. The third-order valence-corrected chi connectivity index (χ3v) is 11.2. The first kappa shape index (κ1) is 48.9. The van der Waals surface area contributed by atoms with Crippen LogP contribution in [0.4, 0.5) is 0 Å². The van der Waals surface area contributed by atoms with Gasteiger partial charge < -0.3 is 20.5 Å². The lowest BCUT2D eigenvalue weighted by molar-refractivity contribution is -0.00609. The maximum absolute atomic E-state index is 6.32. The zero-order valence-corrected chi connectivity index (χ0v) is 34.8. The van der Waals surface area contributed by atoms with Crippen molar-refractivity contribution < 1.29 is 9.47 Å². The standard InChI is InChI=1S/C44H82N2O2S2/c1-4-6-8-10-12-14-16-18-20-22-23-25-27-29-31-33-35-37-47-40-44(42-50-49-41-43(39-45)46-3)48-38-36-34-32-30-28-26-24-21-19-17-15-13-11-9-7-5-2/h12-15,19-22,39,44,46H,4-11,16-18,23-38,40-42,45H2,1-3H3/b14-12-,15-13-,21-19-,22-20-,43-39-. The molecule has 0 amide bonds. The molecule has 4 nitrogen and oxygen atoms in total. The first-order chi connectivity index (χ1) is 24.8. The molecule has 0 aromatic carbocycles. The molecule has 0 aliphatic heterocycles. The van der Waals surface area contributed by atoms with Crippen LogP contribution in [0.5, 0.6) is 0 Å². The zero-order chi connectivity index (χ0) is 36.3. The summed E-state index contributed by atoms with van der Waals surface area (Å²) >= 11 is 0. The first-order valence-electron chi connectivity index (χ1n) is 20.9. The summed E-state index contributed by atoms with van der Waals surface area (Å²) in [6, 6.07) is 0. The highest BCUT2D eigenvalue weighted by Crippen LogP contribution is 2.25. The van der Waals surface area contributed by atoms with Gasteiger partial charge in [-0.15, -0.1) is 0 Å². The van der Waals surface area contributed by atoms with Crippen LogP contribution in [0, 0.1) is 0 Å². The first-order valence-corrected chi connectivity index (χ1v) is 23.4. The Labute approximate surface area is 320 Å². The molecule has 0 radical (unpaired) electrons. The van der Waals surface area contributed by atoms with Gasteiger partial charge in [-0.2, -0.15) is 0 Å². The topological polar surface area (TPSA) is 56.5 Å². The molecular weight excluding hydrogens is 653 g/mol. The Hall–Kier alpha value is -1.08. The van der Waals surface area contributed by atoms with E-state index in [2.05, 4.69) is 67.8 Å². The van der Waals surface area contributed by atoms with Crippen LogP contribution >= 0.6 is 21.6 Å². The summed E-state index contributed by atoms with van der Waals surface area (Å²) in [6.07, 6.45) is 52.5. The maximum Gasteiger partial charge on any atom is 0.0906 e. The van der Waals surface area contributed by atoms with Gasteiger partial charge in [0.25, 0.3) is 0 Å². The fourth-order valence-electron chi connectivity index (χ4n) is 5.48. The van der Waals surface area contributed by atoms with Gasteiger partial charge in [-0.05, 0) is 83.5 Å². The number of hydrogen-bond donors (Lipinski definition) is 2. The molecule has 0 aliphatic carbocycles. The van der Waals surface area contributed by atoms with Crippen molar-refractivity contribution in [2.75, 3.05) is 38.4 Å². The Balaban J connectivity index is 3.92. The molecule has 0 fully saturated rings. The number of nitrogens with two attached hydrogens (primary N) is 1. The zero-order valence-electron chi connectivity index (χ0n) is 33.2. The molecule has 0 heterocycles. The van der Waals surface area contributed by atoms with Crippen molar-refractivity contribution in [1.29, 1.82) is 0 Å². The summed E-state index contributed by atoms with van der Waals surface area (Å²) in [6.45, 7) is 6.91. The Kier molecular flexibility index (Phi) is 43.1. The molecule has 50 heavy (non-hydrogen) atoms. The summed E-state index contributed by atoms with van der Waals surface area (Å²) in [5.74, 6) is 1.82. The molecule has 0 aromatic rings. The third kappa shape index (κ3) is 39.7. The number of unbranched alkanes of at least 4 members (excludes halogenated alkanes) is 19. The van der Waals surface area contributed by atoms with Crippen LogP contribution < -0.4 is 11.1 Å². The van der Waals surface area contributed by atoms with Crippen LogP contribution in [-0.4, -0.2) is 44.5 Å². The second kappa shape index (κ2) is 44.1. The summed E-state index contributed by atoms with van der Waals surface area (Å²) in [5.41, 5.74) is 6.75. The number of nitrogens with one attached hydrogen (secondary N) is 1. The fourth-order valence-corrected chi connectivity index (χ4v) is 7.75. The fraction of sp³-hybridized carbons (Fsp3) is 0.773. The van der Waals surface area contributed by atoms with E-state index < -0.39 is 0 Å². The highest BCUT2D eigenvalue weighted by molar-refractivity contribution is 8.76. The van der Waals surface area contributed by atoms with E-state index in [1.165, 1.54) is 141 Å². The smallest absolute Gasteiger partial charge is 0.0906 e. The van der Waals surface area contributed by atoms with Crippen molar-refractivity contribution in [3.8, 4) is 0 Å². The molecular formula is C44H82N2O2S2. The Morgan fingerprint density at radius 2 is 1.02 bits per heavy atom. The van der Waals surface area contributed by atoms with E-state index in [0.717, 1.165) is 49.7 Å². The van der Waals surface area contributed by atoms with Gasteiger partial charge in [-0.1, -0.05) is 161 Å². The van der Waals surface area contributed by atoms with Gasteiger partial charge in [0.2, 0.25) is 0 Å². The SMILES string of the molecule is CCCCC/C=C\C/C=C\CCCCCCCCOC(COCCCCCCCC/C=C\CC/C=C\CCCCC)CSSC/C(=C/N)NC. The summed E-state index contributed by atoms with van der Waals surface area (Å²) in [7, 11) is 5.61. The van der Waals surface area contributed by atoms with Crippen LogP contribution in [0.3, 0.4) is 0 Å². The van der Waals surface area contributed by atoms with E-state index in [4.69, 9.17) is 15.2 Å². The number of rotatable bonds is 40. The molecule has 0 spiro atoms. The summed E-state index contributed by atoms with van der Waals surface area (Å²) < 4.78 is 12.4. The summed E-state index contributed by atoms with van der Waals surface area (Å²) in [5, 5.41) is 3.15. The average molecular weight is 735 g/mol. The van der Waals surface area contributed by atoms with Crippen molar-refractivity contribution in [3.63, 3.8) is 0 Å². The lowest BCUT2D eigenvalue weighted by atomic mass is 10.1. The van der Waals surface area contributed by atoms with Gasteiger partial charge in [-0.3, -0.25) is 0 Å². The number of ether oxygens (including phenoxy) is 2. The number of hydrogen-bond acceptors (Lipinski definition) is 6. The van der Waals surface area contributed by atoms with Crippen LogP contribution in [0.25, 0.3) is 0 Å². The van der Waals surface area contributed by atoms with Gasteiger partial charge in [0.05, 0.1) is 12.7 Å². The van der Waals surface area contributed by atoms with Crippen LogP contribution in [-0.2, 0) is 9.47 Å². The number of allylic oxidation sites excluding steroid dienone is 8. The monoisotopic (exact) mass is 735 g/mol. The molecule has 0 saturated heterocycles. The highest BCUT2D eigenvalue weighted by Gasteiger charge is 2.11. The lowest BCUT2D eigenvalue weighted by Crippen LogP contribution is -2.23. The molecule has 1 atom stereocenters. The minimum absolute atomic E-state index is 0.153. The molecule has 6 heteroatoms. The summed E-state index contributed by atoms with van der Waals surface area (Å²) in [4.78, 5) is 0. The van der Waals surface area contributed by atoms with Crippen molar-refractivity contribution in [3.05, 3.63) is 60.5 Å². The van der Waals surface area contributed by atoms with Crippen LogP contribution in [0.15, 0.2) is 60.5 Å². The van der Waals surface area contributed by atoms with E-state index in [1.54, 1.807) is 6.20 Å². The molecule has 0 aliphatic rings. The van der Waals surface area contributed by atoms with Gasteiger partial charge in [0.1, 0.15) is 0 Å². The molecule has 3 N–H and O–H groups in total. The van der Waals surface area contributed by atoms with E-state index in [9.17, 15) is 0 Å². The lowest BCUT2D eigenvalue weighted by Gasteiger charge is -2.18. The molecule has 1 unspecified atom stereocenters. The predicted octanol–water partition coefficient (Wildman–Crippen LogP) is 13.8. The highest BCUT2D eigenvalue weighted by atomic mass is 33.1. The van der Waals surface area contributed by atoms with Crippen molar-refractivity contribution in [1.82, 2.24) is 5.32 Å². The van der Waals surface area contributed by atoms with Crippen LogP contribution in [0.1, 0.15) is 174 Å². The Morgan fingerprint density at radius 3 is 1.54 bits per heavy atom. The van der Waals surface area contributed by atoms with Crippen molar-refractivity contribution in [2.24, 2.45) is 5.73 Å². The Morgan fingerprint density at radius 1 is 0.560 bits per heavy atom. The second-order valence-corrected chi connectivity index (χ2v) is 16.1. The largest absolute Gasteiger partial charge is 0.403 e. The average Bonchev–Trinajstić information content (AvgIpc) is 3.13. The molecule has 0 aromatic heterocycles. The van der Waals surface area contributed by atoms with Gasteiger partial charge >= 0.3 is 0 Å². The second-order valence-electron chi connectivity index (χ2n) is 13.6. The maximum atomic E-state index is 6.32. The van der Waals surface area contributed by atoms with E-state index in [-0.39, 0.29) is 6.10 Å². The quantitative estimate of drug-likeness (QED) is 0.0371. The van der Waals surface area contributed by atoms with Crippen LogP contribution in [0.2, 0.25) is 0 Å². The minimum atomic E-state index is 0.153. The minimum Gasteiger partial charge on any atom is -0.403 e. The molecule has 0 rings (SSSR count). The van der Waals surface area contributed by atoms with E-state index in [1.807, 2.05) is 28.6 Å². The van der Waals surface area contributed by atoms with Gasteiger partial charge in [0, 0.05) is 43.7 Å². The van der Waals surface area contributed by atoms with E-state index in [0.29, 0.717) is 6.61 Å². The van der Waals surface area contributed by atoms with Crippen molar-refractivity contribution in [2.45, 2.75) is 180 Å². The van der Waals surface area contributed by atoms with Crippen molar-refractivity contribution >= 4 is 21.6 Å². The Bertz CT molecular complexity index is 812. The third-order valence-electron chi connectivity index (χ3n) is 8.79. The normalized spacial score (nSPS) is 13.2. The van der Waals surface area contributed by atoms with Gasteiger partial charge in [-0.25, -0.2) is 0 Å². The van der Waals surface area contributed by atoms with Gasteiger partial charge in [0.15, 0.2) is 0 Å². The molecule has 0 bridgehead atoms. The molecule has 0 saturated carbocycles.